The molecule has 0 aliphatic carbocycles. The monoisotopic (exact) mass is 559 g/mol. The van der Waals surface area contributed by atoms with E-state index in [2.05, 4.69) is 128 Å². The third kappa shape index (κ3) is 5.79. The van der Waals surface area contributed by atoms with Crippen molar-refractivity contribution in [3.8, 4) is 28.1 Å². The molecule has 0 unspecified atom stereocenters. The van der Waals surface area contributed by atoms with Gasteiger partial charge in [0.1, 0.15) is 0 Å². The van der Waals surface area contributed by atoms with Crippen LogP contribution in [0, 0.1) is 6.92 Å². The molecule has 0 spiro atoms. The Labute approximate surface area is 254 Å². The molecule has 0 amide bonds. The van der Waals surface area contributed by atoms with Gasteiger partial charge >= 0.3 is 0 Å². The minimum absolute atomic E-state index is 0.853. The van der Waals surface area contributed by atoms with Crippen molar-refractivity contribution in [1.82, 2.24) is 4.57 Å². The average molecular weight is 560 g/mol. The van der Waals surface area contributed by atoms with Crippen LogP contribution in [0.4, 0.5) is 0 Å². The van der Waals surface area contributed by atoms with Crippen molar-refractivity contribution in [3.05, 3.63) is 169 Å². The van der Waals surface area contributed by atoms with Crippen molar-refractivity contribution >= 4 is 28.5 Å². The number of hydrogen-bond acceptors (Lipinski definition) is 2. The fourth-order valence-corrected chi connectivity index (χ4v) is 5.62. The van der Waals surface area contributed by atoms with Gasteiger partial charge in [-0.05, 0) is 101 Å². The van der Waals surface area contributed by atoms with Crippen LogP contribution in [-0.2, 0) is 0 Å². The first-order valence-corrected chi connectivity index (χ1v) is 14.4. The Kier molecular flexibility index (Phi) is 8.74. The smallest absolute Gasteiger partial charge is 0.0570 e. The predicted octanol–water partition coefficient (Wildman–Crippen LogP) is 9.83. The molecule has 4 N–H and O–H groups in total. The molecule has 0 saturated carbocycles. The van der Waals surface area contributed by atoms with E-state index in [1.807, 2.05) is 25.2 Å². The second kappa shape index (κ2) is 13.0. The molecule has 1 heterocycles. The molecule has 0 saturated heterocycles. The highest BCUT2D eigenvalue weighted by Gasteiger charge is 2.19. The fraction of sp³-hybridized carbons (Fsp3) is 0.0500. The van der Waals surface area contributed by atoms with Gasteiger partial charge in [0.25, 0.3) is 0 Å². The van der Waals surface area contributed by atoms with Gasteiger partial charge in [0.2, 0.25) is 0 Å². The largest absolute Gasteiger partial charge is 0.405 e. The van der Waals surface area contributed by atoms with Crippen molar-refractivity contribution < 1.29 is 0 Å². The average Bonchev–Trinajstić information content (AvgIpc) is 3.38. The second-order valence-corrected chi connectivity index (χ2v) is 10.3. The number of nitrogens with two attached hydrogens (primary N) is 2. The van der Waals surface area contributed by atoms with Crippen molar-refractivity contribution in [1.29, 1.82) is 0 Å². The van der Waals surface area contributed by atoms with Gasteiger partial charge in [-0.3, -0.25) is 0 Å². The lowest BCUT2D eigenvalue weighted by Crippen LogP contribution is -2.02. The first-order chi connectivity index (χ1) is 21.0. The first-order valence-electron chi connectivity index (χ1n) is 14.4. The SMILES string of the molecule is C=CC(/C=C/c1cc(C)c(-c2ccc(-c3cccc(C(/C=C\N)=C/C)c3)cc2C=C)n1-c1cccc2ccccc12)=C\N. The van der Waals surface area contributed by atoms with Gasteiger partial charge in [0, 0.05) is 22.8 Å². The Morgan fingerprint density at radius 3 is 2.33 bits per heavy atom. The molecule has 5 aromatic rings. The Hall–Kier alpha value is -5.54. The molecule has 43 heavy (non-hydrogen) atoms. The van der Waals surface area contributed by atoms with Gasteiger partial charge in [-0.15, -0.1) is 0 Å². The minimum atomic E-state index is 0.853. The summed E-state index contributed by atoms with van der Waals surface area (Å²) in [6.45, 7) is 12.3. The van der Waals surface area contributed by atoms with Gasteiger partial charge < -0.3 is 16.0 Å². The van der Waals surface area contributed by atoms with Crippen molar-refractivity contribution in [2.75, 3.05) is 0 Å². The summed E-state index contributed by atoms with van der Waals surface area (Å²) >= 11 is 0. The number of rotatable bonds is 9. The molecule has 212 valence electrons. The number of aryl methyl sites for hydroxylation is 1. The van der Waals surface area contributed by atoms with E-state index in [4.69, 9.17) is 11.5 Å². The van der Waals surface area contributed by atoms with E-state index in [0.717, 1.165) is 61.6 Å². The molecule has 0 bridgehead atoms. The van der Waals surface area contributed by atoms with Crippen molar-refractivity contribution in [2.24, 2.45) is 11.5 Å². The molecule has 0 aliphatic heterocycles. The second-order valence-electron chi connectivity index (χ2n) is 10.3. The van der Waals surface area contributed by atoms with Crippen LogP contribution >= 0.6 is 0 Å². The first kappa shape index (κ1) is 29.0. The van der Waals surface area contributed by atoms with Crippen LogP contribution in [-0.4, -0.2) is 4.57 Å². The van der Waals surface area contributed by atoms with Crippen molar-refractivity contribution in [2.45, 2.75) is 13.8 Å². The Morgan fingerprint density at radius 1 is 0.814 bits per heavy atom. The third-order valence-electron chi connectivity index (χ3n) is 7.74. The van der Waals surface area contributed by atoms with Crippen LogP contribution in [0.2, 0.25) is 0 Å². The van der Waals surface area contributed by atoms with E-state index in [9.17, 15) is 0 Å². The summed E-state index contributed by atoms with van der Waals surface area (Å²) in [7, 11) is 0. The standard InChI is InChI=1S/C40H37N3/c1-5-29(27-42)18-20-36-24-28(4)40(43(36)39-17-11-13-32-12-8-9-16-37(32)39)38-21-19-35(25-31(38)7-3)34-15-10-14-33(26-34)30(6-2)22-23-41/h5-27H,1,3,41-42H2,2,4H3/b20-18+,23-22-,29-27+,30-6+. The van der Waals surface area contributed by atoms with E-state index in [0.29, 0.717) is 0 Å². The highest BCUT2D eigenvalue weighted by molar-refractivity contribution is 5.93. The Morgan fingerprint density at radius 2 is 1.58 bits per heavy atom. The van der Waals surface area contributed by atoms with E-state index < -0.39 is 0 Å². The lowest BCUT2D eigenvalue weighted by molar-refractivity contribution is 1.08. The fourth-order valence-electron chi connectivity index (χ4n) is 5.62. The molecule has 5 rings (SSSR count). The van der Waals surface area contributed by atoms with E-state index >= 15 is 0 Å². The highest BCUT2D eigenvalue weighted by atomic mass is 15.0. The zero-order chi connectivity index (χ0) is 30.3. The number of fused-ring (bicyclic) bond motifs is 1. The van der Waals surface area contributed by atoms with Gasteiger partial charge in [-0.2, -0.15) is 0 Å². The van der Waals surface area contributed by atoms with Crippen LogP contribution in [0.3, 0.4) is 0 Å². The molecule has 3 heteroatoms. The summed E-state index contributed by atoms with van der Waals surface area (Å²) in [5, 5.41) is 2.36. The summed E-state index contributed by atoms with van der Waals surface area (Å²) in [4.78, 5) is 0. The lowest BCUT2D eigenvalue weighted by Gasteiger charge is -2.18. The normalized spacial score (nSPS) is 12.4. The quantitative estimate of drug-likeness (QED) is 0.177. The molecule has 0 aliphatic rings. The number of aromatic nitrogens is 1. The molecule has 3 nitrogen and oxygen atoms in total. The predicted molar refractivity (Wildman–Crippen MR) is 187 cm³/mol. The van der Waals surface area contributed by atoms with Gasteiger partial charge in [-0.1, -0.05) is 104 Å². The maximum absolute atomic E-state index is 5.83. The molecule has 0 atom stereocenters. The maximum atomic E-state index is 5.83. The van der Waals surface area contributed by atoms with Gasteiger partial charge in [0.05, 0.1) is 11.4 Å². The number of benzene rings is 4. The molecule has 4 aromatic carbocycles. The maximum Gasteiger partial charge on any atom is 0.0570 e. The topological polar surface area (TPSA) is 57.0 Å². The zero-order valence-corrected chi connectivity index (χ0v) is 24.8. The number of allylic oxidation sites excluding steroid dienone is 6. The van der Waals surface area contributed by atoms with Crippen LogP contribution in [0.5, 0.6) is 0 Å². The summed E-state index contributed by atoms with van der Waals surface area (Å²) in [6, 6.07) is 32.3. The number of nitrogens with zero attached hydrogens (tertiary/aromatic N) is 1. The molecular formula is C40H37N3. The van der Waals surface area contributed by atoms with Crippen LogP contribution in [0.25, 0.3) is 56.6 Å². The van der Waals surface area contributed by atoms with Crippen LogP contribution in [0.15, 0.2) is 146 Å². The summed E-state index contributed by atoms with van der Waals surface area (Å²) in [5.74, 6) is 0. The number of hydrogen-bond donors (Lipinski definition) is 2. The zero-order valence-electron chi connectivity index (χ0n) is 24.8. The van der Waals surface area contributed by atoms with E-state index in [1.165, 1.54) is 10.8 Å². The minimum Gasteiger partial charge on any atom is -0.405 e. The van der Waals surface area contributed by atoms with Crippen molar-refractivity contribution in [3.63, 3.8) is 0 Å². The molecule has 0 fully saturated rings. The van der Waals surface area contributed by atoms with Crippen LogP contribution < -0.4 is 11.5 Å². The molecule has 0 radical (unpaired) electrons. The van der Waals surface area contributed by atoms with Gasteiger partial charge in [0.15, 0.2) is 0 Å². The molecule has 1 aromatic heterocycles. The molecular weight excluding hydrogens is 522 g/mol. The third-order valence-corrected chi connectivity index (χ3v) is 7.74. The van der Waals surface area contributed by atoms with Gasteiger partial charge in [-0.25, -0.2) is 0 Å². The summed E-state index contributed by atoms with van der Waals surface area (Å²) < 4.78 is 2.34. The Bertz CT molecular complexity index is 1940. The lowest BCUT2D eigenvalue weighted by atomic mass is 9.94. The Balaban J connectivity index is 1.72. The van der Waals surface area contributed by atoms with Crippen LogP contribution in [0.1, 0.15) is 29.3 Å². The summed E-state index contributed by atoms with van der Waals surface area (Å²) in [5.41, 5.74) is 23.4. The highest BCUT2D eigenvalue weighted by Crippen LogP contribution is 2.38. The summed E-state index contributed by atoms with van der Waals surface area (Å²) in [6.07, 6.45) is 14.9. The van der Waals surface area contributed by atoms with E-state index in [-0.39, 0.29) is 0 Å². The van der Waals surface area contributed by atoms with E-state index in [1.54, 1.807) is 18.5 Å².